The van der Waals surface area contributed by atoms with Gasteiger partial charge in [-0.05, 0) is 26.2 Å². The maximum atomic E-state index is 12.4. The Kier molecular flexibility index (Phi) is 7.24. The molecule has 1 unspecified atom stereocenters. The first kappa shape index (κ1) is 18.9. The number of rotatable bonds is 9. The minimum absolute atomic E-state index is 0.172. The largest absolute Gasteiger partial charge is 0.480 e. The average Bonchev–Trinajstić information content (AvgIpc) is 2.93. The van der Waals surface area contributed by atoms with Crippen molar-refractivity contribution in [2.24, 2.45) is 0 Å². The molecule has 8 nitrogen and oxygen atoms in total. The van der Waals surface area contributed by atoms with Gasteiger partial charge in [-0.25, -0.2) is 0 Å². The van der Waals surface area contributed by atoms with Crippen LogP contribution in [0.15, 0.2) is 0 Å². The fourth-order valence-corrected chi connectivity index (χ4v) is 4.00. The second kappa shape index (κ2) is 8.44. The zero-order chi connectivity index (χ0) is 16.8. The van der Waals surface area contributed by atoms with Gasteiger partial charge >= 0.3 is 11.9 Å². The Morgan fingerprint density at radius 2 is 2.09 bits per heavy atom. The van der Waals surface area contributed by atoms with Crippen LogP contribution in [-0.2, 0) is 24.5 Å². The van der Waals surface area contributed by atoms with Crippen LogP contribution in [0, 0.1) is 0 Å². The molecule has 2 N–H and O–H groups in total. The van der Waals surface area contributed by atoms with Gasteiger partial charge in [-0.15, -0.1) is 0 Å². The van der Waals surface area contributed by atoms with Crippen molar-refractivity contribution >= 4 is 22.1 Å². The van der Waals surface area contributed by atoms with Crippen molar-refractivity contribution in [1.82, 2.24) is 9.03 Å². The van der Waals surface area contributed by atoms with Crippen molar-refractivity contribution < 1.29 is 27.9 Å². The summed E-state index contributed by atoms with van der Waals surface area (Å²) >= 11 is 0. The number of carboxylic acid groups (broad SMARTS) is 1. The monoisotopic (exact) mass is 336 g/mol. The van der Waals surface area contributed by atoms with Gasteiger partial charge in [0, 0.05) is 6.54 Å². The van der Waals surface area contributed by atoms with Crippen LogP contribution in [0.3, 0.4) is 0 Å². The van der Waals surface area contributed by atoms with Crippen LogP contribution in [0.1, 0.15) is 46.0 Å². The van der Waals surface area contributed by atoms with E-state index in [1.54, 1.807) is 6.92 Å². The summed E-state index contributed by atoms with van der Waals surface area (Å²) in [5.41, 5.74) is 0. The highest BCUT2D eigenvalue weighted by Gasteiger charge is 2.41. The zero-order valence-electron chi connectivity index (χ0n) is 12.9. The number of esters is 1. The number of carbonyl (C=O) groups is 2. The van der Waals surface area contributed by atoms with Gasteiger partial charge < -0.3 is 9.84 Å². The van der Waals surface area contributed by atoms with E-state index in [4.69, 9.17) is 9.84 Å². The fourth-order valence-electron chi connectivity index (χ4n) is 2.39. The summed E-state index contributed by atoms with van der Waals surface area (Å²) in [4.78, 5) is 23.0. The number of carboxylic acids is 1. The molecule has 22 heavy (non-hydrogen) atoms. The number of nitrogens with one attached hydrogen (secondary N) is 1. The smallest absolute Gasteiger partial charge is 0.324 e. The van der Waals surface area contributed by atoms with Gasteiger partial charge in [0.1, 0.15) is 12.1 Å². The molecule has 1 saturated heterocycles. The van der Waals surface area contributed by atoms with E-state index in [2.05, 4.69) is 4.72 Å². The fraction of sp³-hybridized carbons (Fsp3) is 0.846. The highest BCUT2D eigenvalue weighted by molar-refractivity contribution is 7.87. The predicted octanol–water partition coefficient (Wildman–Crippen LogP) is 0.492. The summed E-state index contributed by atoms with van der Waals surface area (Å²) in [6.45, 7) is 3.89. The van der Waals surface area contributed by atoms with Crippen molar-refractivity contribution in [3.63, 3.8) is 0 Å². The Balaban J connectivity index is 2.82. The topological polar surface area (TPSA) is 113 Å². The highest BCUT2D eigenvalue weighted by Crippen LogP contribution is 2.22. The maximum absolute atomic E-state index is 12.4. The molecule has 0 aromatic carbocycles. The van der Waals surface area contributed by atoms with Crippen LogP contribution >= 0.6 is 0 Å². The van der Waals surface area contributed by atoms with Crippen molar-refractivity contribution in [2.45, 2.75) is 58.0 Å². The van der Waals surface area contributed by atoms with Crippen molar-refractivity contribution in [2.75, 3.05) is 13.2 Å². The summed E-state index contributed by atoms with van der Waals surface area (Å²) in [5.74, 6) is -1.81. The highest BCUT2D eigenvalue weighted by atomic mass is 32.2. The van der Waals surface area contributed by atoms with Crippen LogP contribution in [0.5, 0.6) is 0 Å². The predicted molar refractivity (Wildman–Crippen MR) is 79.4 cm³/mol. The summed E-state index contributed by atoms with van der Waals surface area (Å²) in [6.07, 6.45) is 2.49. The van der Waals surface area contributed by atoms with Gasteiger partial charge in [-0.2, -0.15) is 17.4 Å². The van der Waals surface area contributed by atoms with Crippen LogP contribution in [0.4, 0.5) is 0 Å². The molecule has 0 spiro atoms. The SMILES string of the molecule is CCCC[C@H](NS(=O)(=O)N1CCCC1C(=O)OCC)C(=O)O. The number of aliphatic carboxylic acids is 1. The quantitative estimate of drug-likeness (QED) is 0.593. The number of hydrogen-bond acceptors (Lipinski definition) is 5. The van der Waals surface area contributed by atoms with Crippen LogP contribution in [-0.4, -0.2) is 55.0 Å². The van der Waals surface area contributed by atoms with Crippen molar-refractivity contribution in [3.8, 4) is 0 Å². The number of hydrogen-bond donors (Lipinski definition) is 2. The standard InChI is InChI=1S/C13H24N2O6S/c1-3-5-7-10(12(16)17)14-22(19,20)15-9-6-8-11(15)13(18)21-4-2/h10-11,14H,3-9H2,1-2H3,(H,16,17)/t10-,11?/m0/s1. The third kappa shape index (κ3) is 4.92. The zero-order valence-corrected chi connectivity index (χ0v) is 13.8. The second-order valence-corrected chi connectivity index (χ2v) is 6.83. The first-order chi connectivity index (χ1) is 10.3. The molecule has 9 heteroatoms. The lowest BCUT2D eigenvalue weighted by molar-refractivity contribution is -0.146. The van der Waals surface area contributed by atoms with E-state index in [0.717, 1.165) is 10.7 Å². The normalized spacial score (nSPS) is 20.7. The Labute approximate surface area is 131 Å². The van der Waals surface area contributed by atoms with Crippen molar-refractivity contribution in [1.29, 1.82) is 0 Å². The summed E-state index contributed by atoms with van der Waals surface area (Å²) in [6, 6.07) is -2.06. The van der Waals surface area contributed by atoms with E-state index >= 15 is 0 Å². The Hall–Kier alpha value is -1.19. The molecule has 1 heterocycles. The van der Waals surface area contributed by atoms with E-state index in [1.165, 1.54) is 0 Å². The molecule has 128 valence electrons. The lowest BCUT2D eigenvalue weighted by Crippen LogP contribution is -2.51. The molecule has 0 aromatic heterocycles. The Morgan fingerprint density at radius 1 is 1.41 bits per heavy atom. The Morgan fingerprint density at radius 3 is 2.64 bits per heavy atom. The van der Waals surface area contributed by atoms with Gasteiger partial charge in [-0.1, -0.05) is 19.8 Å². The van der Waals surface area contributed by atoms with Gasteiger partial charge in [0.15, 0.2) is 0 Å². The third-order valence-corrected chi connectivity index (χ3v) is 5.14. The molecule has 0 amide bonds. The average molecular weight is 336 g/mol. The van der Waals surface area contributed by atoms with Gasteiger partial charge in [0.2, 0.25) is 0 Å². The lowest BCUT2D eigenvalue weighted by Gasteiger charge is -2.24. The summed E-state index contributed by atoms with van der Waals surface area (Å²) < 4.78 is 32.8. The minimum atomic E-state index is -4.05. The minimum Gasteiger partial charge on any atom is -0.480 e. The van der Waals surface area contributed by atoms with E-state index < -0.39 is 34.2 Å². The molecule has 2 atom stereocenters. The molecular weight excluding hydrogens is 312 g/mol. The number of nitrogens with zero attached hydrogens (tertiary/aromatic N) is 1. The lowest BCUT2D eigenvalue weighted by atomic mass is 10.1. The van der Waals surface area contributed by atoms with Gasteiger partial charge in [0.25, 0.3) is 10.2 Å². The number of carbonyl (C=O) groups excluding carboxylic acids is 1. The molecule has 1 aliphatic heterocycles. The molecule has 1 rings (SSSR count). The van der Waals surface area contributed by atoms with E-state index in [-0.39, 0.29) is 19.6 Å². The molecule has 0 saturated carbocycles. The molecule has 0 radical (unpaired) electrons. The Bertz CT molecular complexity index is 493. The van der Waals surface area contributed by atoms with E-state index in [9.17, 15) is 18.0 Å². The van der Waals surface area contributed by atoms with Crippen LogP contribution in [0.2, 0.25) is 0 Å². The molecule has 0 aromatic rings. The number of ether oxygens (including phenoxy) is 1. The van der Waals surface area contributed by atoms with Crippen LogP contribution in [0.25, 0.3) is 0 Å². The third-order valence-electron chi connectivity index (χ3n) is 3.51. The molecule has 0 bridgehead atoms. The molecular formula is C13H24N2O6S. The van der Waals surface area contributed by atoms with E-state index in [0.29, 0.717) is 19.3 Å². The molecule has 0 aliphatic carbocycles. The van der Waals surface area contributed by atoms with E-state index in [1.807, 2.05) is 6.92 Å². The number of unbranched alkanes of at least 4 members (excludes halogenated alkanes) is 1. The summed E-state index contributed by atoms with van der Waals surface area (Å²) in [5, 5.41) is 9.13. The second-order valence-electron chi connectivity index (χ2n) is 5.18. The van der Waals surface area contributed by atoms with Gasteiger partial charge in [-0.3, -0.25) is 9.59 Å². The first-order valence-electron chi connectivity index (χ1n) is 7.52. The van der Waals surface area contributed by atoms with Gasteiger partial charge in [0.05, 0.1) is 6.61 Å². The summed E-state index contributed by atoms with van der Waals surface area (Å²) in [7, 11) is -4.05. The molecule has 1 fully saturated rings. The maximum Gasteiger partial charge on any atom is 0.324 e. The van der Waals surface area contributed by atoms with Crippen LogP contribution < -0.4 is 4.72 Å². The van der Waals surface area contributed by atoms with Crippen molar-refractivity contribution in [3.05, 3.63) is 0 Å². The first-order valence-corrected chi connectivity index (χ1v) is 8.96. The molecule has 1 aliphatic rings.